The van der Waals surface area contributed by atoms with Gasteiger partial charge < -0.3 is 5.32 Å². The number of hydrogen-bond donors (Lipinski definition) is 1. The third kappa shape index (κ3) is 2.24. The van der Waals surface area contributed by atoms with Crippen molar-refractivity contribution in [1.29, 1.82) is 0 Å². The van der Waals surface area contributed by atoms with Crippen LogP contribution in [-0.4, -0.2) is 17.8 Å². The summed E-state index contributed by atoms with van der Waals surface area (Å²) in [5.41, 5.74) is 0. The Morgan fingerprint density at radius 2 is 2.62 bits per heavy atom. The molecule has 0 amide bonds. The highest BCUT2D eigenvalue weighted by molar-refractivity contribution is 7.99. The largest absolute Gasteiger partial charge is 0.315 e. The topological polar surface area (TPSA) is 24.9 Å². The highest BCUT2D eigenvalue weighted by Gasteiger charge is 2.20. The zero-order chi connectivity index (χ0) is 9.10. The SMILES string of the molecule is CNCc1cnc(C2CCCS2)s1. The first-order valence-corrected chi connectivity index (χ1v) is 6.47. The number of nitrogens with one attached hydrogen (secondary N) is 1. The molecule has 1 aromatic heterocycles. The summed E-state index contributed by atoms with van der Waals surface area (Å²) in [7, 11) is 1.98. The molecule has 2 nitrogen and oxygen atoms in total. The minimum Gasteiger partial charge on any atom is -0.315 e. The normalized spacial score (nSPS) is 22.4. The van der Waals surface area contributed by atoms with Crippen LogP contribution in [0.15, 0.2) is 6.20 Å². The van der Waals surface area contributed by atoms with Gasteiger partial charge in [-0.2, -0.15) is 11.8 Å². The Hall–Kier alpha value is -0.0600. The number of thiazole rings is 1. The number of aromatic nitrogens is 1. The molecule has 2 heterocycles. The van der Waals surface area contributed by atoms with E-state index >= 15 is 0 Å². The molecule has 0 aromatic carbocycles. The quantitative estimate of drug-likeness (QED) is 0.836. The van der Waals surface area contributed by atoms with Gasteiger partial charge in [0.25, 0.3) is 0 Å². The van der Waals surface area contributed by atoms with Crippen molar-refractivity contribution in [2.45, 2.75) is 24.6 Å². The Balaban J connectivity index is 2.03. The van der Waals surface area contributed by atoms with Crippen molar-refractivity contribution in [2.75, 3.05) is 12.8 Å². The standard InChI is InChI=1S/C9H14N2S2/c1-10-5-7-6-11-9(13-7)8-3-2-4-12-8/h6,8,10H,2-5H2,1H3. The fraction of sp³-hybridized carbons (Fsp3) is 0.667. The van der Waals surface area contributed by atoms with Gasteiger partial charge in [-0.25, -0.2) is 4.98 Å². The Morgan fingerprint density at radius 3 is 3.31 bits per heavy atom. The molecule has 1 N–H and O–H groups in total. The monoisotopic (exact) mass is 214 g/mol. The van der Waals surface area contributed by atoms with E-state index in [2.05, 4.69) is 22.1 Å². The number of hydrogen-bond acceptors (Lipinski definition) is 4. The van der Waals surface area contributed by atoms with E-state index in [-0.39, 0.29) is 0 Å². The van der Waals surface area contributed by atoms with Gasteiger partial charge >= 0.3 is 0 Å². The maximum Gasteiger partial charge on any atom is 0.106 e. The maximum absolute atomic E-state index is 4.47. The first kappa shape index (κ1) is 9.49. The van der Waals surface area contributed by atoms with Gasteiger partial charge in [0.1, 0.15) is 5.01 Å². The lowest BCUT2D eigenvalue weighted by Gasteiger charge is -2.01. The van der Waals surface area contributed by atoms with Crippen molar-refractivity contribution in [3.63, 3.8) is 0 Å². The summed E-state index contributed by atoms with van der Waals surface area (Å²) >= 11 is 3.91. The van der Waals surface area contributed by atoms with Gasteiger partial charge in [0, 0.05) is 17.6 Å². The van der Waals surface area contributed by atoms with Crippen molar-refractivity contribution in [2.24, 2.45) is 0 Å². The molecule has 1 fully saturated rings. The van der Waals surface area contributed by atoms with Crippen LogP contribution in [0.25, 0.3) is 0 Å². The van der Waals surface area contributed by atoms with Crippen molar-refractivity contribution >= 4 is 23.1 Å². The third-order valence-electron chi connectivity index (χ3n) is 2.13. The fourth-order valence-electron chi connectivity index (χ4n) is 1.50. The summed E-state index contributed by atoms with van der Waals surface area (Å²) in [6.45, 7) is 0.953. The van der Waals surface area contributed by atoms with E-state index in [1.165, 1.54) is 28.5 Å². The first-order chi connectivity index (χ1) is 6.40. The predicted molar refractivity (Wildman–Crippen MR) is 59.3 cm³/mol. The second kappa shape index (κ2) is 4.44. The molecule has 0 spiro atoms. The molecule has 13 heavy (non-hydrogen) atoms. The molecule has 2 rings (SSSR count). The summed E-state index contributed by atoms with van der Waals surface area (Å²) in [5, 5.41) is 5.17. The second-order valence-electron chi connectivity index (χ2n) is 3.20. The van der Waals surface area contributed by atoms with E-state index in [1.807, 2.05) is 24.6 Å². The number of nitrogens with zero attached hydrogens (tertiary/aromatic N) is 1. The minimum absolute atomic E-state index is 0.690. The molecule has 1 atom stereocenters. The molecule has 1 saturated heterocycles. The Labute approximate surface area is 87.1 Å². The zero-order valence-electron chi connectivity index (χ0n) is 7.75. The molecule has 0 radical (unpaired) electrons. The van der Waals surface area contributed by atoms with Crippen molar-refractivity contribution in [3.8, 4) is 0 Å². The highest BCUT2D eigenvalue weighted by Crippen LogP contribution is 2.41. The molecule has 1 unspecified atom stereocenters. The smallest absolute Gasteiger partial charge is 0.106 e. The second-order valence-corrected chi connectivity index (χ2v) is 5.65. The van der Waals surface area contributed by atoms with Gasteiger partial charge in [0.15, 0.2) is 0 Å². The Morgan fingerprint density at radius 1 is 1.69 bits per heavy atom. The molecule has 1 aliphatic rings. The maximum atomic E-state index is 4.47. The van der Waals surface area contributed by atoms with Gasteiger partial charge in [0.2, 0.25) is 0 Å². The molecular weight excluding hydrogens is 200 g/mol. The molecular formula is C9H14N2S2. The van der Waals surface area contributed by atoms with Crippen LogP contribution in [0.3, 0.4) is 0 Å². The average molecular weight is 214 g/mol. The van der Waals surface area contributed by atoms with Crippen LogP contribution in [0.5, 0.6) is 0 Å². The van der Waals surface area contributed by atoms with Crippen molar-refractivity contribution in [1.82, 2.24) is 10.3 Å². The van der Waals surface area contributed by atoms with Gasteiger partial charge in [-0.3, -0.25) is 0 Å². The van der Waals surface area contributed by atoms with Crippen LogP contribution in [0.2, 0.25) is 0 Å². The van der Waals surface area contributed by atoms with Crippen molar-refractivity contribution < 1.29 is 0 Å². The van der Waals surface area contributed by atoms with Crippen LogP contribution < -0.4 is 5.32 Å². The van der Waals surface area contributed by atoms with Gasteiger partial charge in [-0.05, 0) is 25.6 Å². The first-order valence-electron chi connectivity index (χ1n) is 4.61. The average Bonchev–Trinajstić information content (AvgIpc) is 2.70. The van der Waals surface area contributed by atoms with E-state index < -0.39 is 0 Å². The predicted octanol–water partition coefficient (Wildman–Crippen LogP) is 2.43. The van der Waals surface area contributed by atoms with Gasteiger partial charge in [0.05, 0.1) is 5.25 Å². The van der Waals surface area contributed by atoms with E-state index in [4.69, 9.17) is 0 Å². The lowest BCUT2D eigenvalue weighted by Crippen LogP contribution is -2.02. The molecule has 1 aromatic rings. The van der Waals surface area contributed by atoms with Gasteiger partial charge in [-0.1, -0.05) is 0 Å². The third-order valence-corrected chi connectivity index (χ3v) is 4.77. The number of thioether (sulfide) groups is 1. The molecule has 4 heteroatoms. The van der Waals surface area contributed by atoms with Crippen LogP contribution in [0.1, 0.15) is 28.0 Å². The van der Waals surface area contributed by atoms with Crippen LogP contribution in [0, 0.1) is 0 Å². The summed E-state index contributed by atoms with van der Waals surface area (Å²) < 4.78 is 0. The summed E-state index contributed by atoms with van der Waals surface area (Å²) in [6, 6.07) is 0. The molecule has 0 bridgehead atoms. The fourth-order valence-corrected chi connectivity index (χ4v) is 3.95. The molecule has 72 valence electrons. The van der Waals surface area contributed by atoms with Crippen LogP contribution >= 0.6 is 23.1 Å². The number of rotatable bonds is 3. The van der Waals surface area contributed by atoms with Crippen LogP contribution in [0.4, 0.5) is 0 Å². The van der Waals surface area contributed by atoms with E-state index in [0.29, 0.717) is 5.25 Å². The molecule has 0 saturated carbocycles. The summed E-state index contributed by atoms with van der Waals surface area (Å²) in [4.78, 5) is 5.83. The highest BCUT2D eigenvalue weighted by atomic mass is 32.2. The van der Waals surface area contributed by atoms with Gasteiger partial charge in [-0.15, -0.1) is 11.3 Å². The van der Waals surface area contributed by atoms with E-state index in [0.717, 1.165) is 6.54 Å². The lowest BCUT2D eigenvalue weighted by atomic mass is 10.3. The Kier molecular flexibility index (Phi) is 3.24. The molecule has 0 aliphatic carbocycles. The van der Waals surface area contributed by atoms with Crippen LogP contribution in [-0.2, 0) is 6.54 Å². The molecule has 1 aliphatic heterocycles. The summed E-state index contributed by atoms with van der Waals surface area (Å²) in [5.74, 6) is 1.31. The zero-order valence-corrected chi connectivity index (χ0v) is 9.38. The minimum atomic E-state index is 0.690. The lowest BCUT2D eigenvalue weighted by molar-refractivity contribution is 0.820. The van der Waals surface area contributed by atoms with E-state index in [1.54, 1.807) is 0 Å². The summed E-state index contributed by atoms with van der Waals surface area (Å²) in [6.07, 6.45) is 4.68. The Bertz CT molecular complexity index is 266. The van der Waals surface area contributed by atoms with Crippen molar-refractivity contribution in [3.05, 3.63) is 16.1 Å². The van der Waals surface area contributed by atoms with E-state index in [9.17, 15) is 0 Å².